The lowest BCUT2D eigenvalue weighted by Gasteiger charge is -2.43. The summed E-state index contributed by atoms with van der Waals surface area (Å²) >= 11 is 0. The molecule has 0 bridgehead atoms. The summed E-state index contributed by atoms with van der Waals surface area (Å²) in [6.07, 6.45) is 3.56. The van der Waals surface area contributed by atoms with Gasteiger partial charge in [0.05, 0.1) is 0 Å². The standard InChI is InChI=1S/C15H24/c1-10(2)13-8-12(5)9-15(6,7)14(13)11(3)4/h9,13-14H,1,3,8H2,2,4-7H3. The first-order chi connectivity index (χ1) is 6.75. The average molecular weight is 204 g/mol. The Bertz CT molecular complexity index is 315. The SMILES string of the molecule is C=C(C)C1CC(C)=CC(C)(C)C1C(=C)C. The van der Waals surface area contributed by atoms with Gasteiger partial charge < -0.3 is 0 Å². The third-order valence-corrected chi connectivity index (χ3v) is 3.53. The number of hydrogen-bond acceptors (Lipinski definition) is 0. The maximum atomic E-state index is 4.16. The zero-order chi connectivity index (χ0) is 11.8. The van der Waals surface area contributed by atoms with Gasteiger partial charge in [-0.1, -0.05) is 49.8 Å². The summed E-state index contributed by atoms with van der Waals surface area (Å²) in [4.78, 5) is 0. The summed E-state index contributed by atoms with van der Waals surface area (Å²) in [5.41, 5.74) is 4.29. The van der Waals surface area contributed by atoms with E-state index in [1.165, 1.54) is 16.7 Å². The van der Waals surface area contributed by atoms with Crippen LogP contribution in [-0.2, 0) is 0 Å². The quantitative estimate of drug-likeness (QED) is 0.569. The van der Waals surface area contributed by atoms with E-state index in [2.05, 4.69) is 53.9 Å². The van der Waals surface area contributed by atoms with Crippen LogP contribution < -0.4 is 0 Å². The van der Waals surface area contributed by atoms with E-state index in [-0.39, 0.29) is 5.41 Å². The molecule has 0 heteroatoms. The molecule has 84 valence electrons. The molecule has 0 nitrogen and oxygen atoms in total. The smallest absolute Gasteiger partial charge is 0.00541 e. The lowest BCUT2D eigenvalue weighted by molar-refractivity contribution is 0.230. The highest BCUT2D eigenvalue weighted by Gasteiger charge is 2.38. The first-order valence-electron chi connectivity index (χ1n) is 5.75. The molecule has 0 heterocycles. The van der Waals surface area contributed by atoms with Crippen molar-refractivity contribution < 1.29 is 0 Å². The minimum absolute atomic E-state index is 0.220. The topological polar surface area (TPSA) is 0 Å². The molecule has 0 saturated carbocycles. The van der Waals surface area contributed by atoms with Crippen molar-refractivity contribution in [1.29, 1.82) is 0 Å². The predicted molar refractivity (Wildman–Crippen MR) is 68.8 cm³/mol. The van der Waals surface area contributed by atoms with Crippen molar-refractivity contribution in [2.75, 3.05) is 0 Å². The molecule has 0 fully saturated rings. The molecule has 0 N–H and O–H groups in total. The van der Waals surface area contributed by atoms with Gasteiger partial charge in [-0.25, -0.2) is 0 Å². The third-order valence-electron chi connectivity index (χ3n) is 3.53. The van der Waals surface area contributed by atoms with Crippen molar-refractivity contribution in [3.8, 4) is 0 Å². The Morgan fingerprint density at radius 2 is 1.80 bits per heavy atom. The molecule has 1 aliphatic rings. The average Bonchev–Trinajstić information content (AvgIpc) is 1.98. The van der Waals surface area contributed by atoms with Crippen molar-refractivity contribution in [1.82, 2.24) is 0 Å². The second-order valence-corrected chi connectivity index (χ2v) is 5.79. The summed E-state index contributed by atoms with van der Waals surface area (Å²) < 4.78 is 0. The van der Waals surface area contributed by atoms with Crippen molar-refractivity contribution in [2.24, 2.45) is 17.3 Å². The minimum atomic E-state index is 0.220. The van der Waals surface area contributed by atoms with Crippen LogP contribution in [0.4, 0.5) is 0 Å². The molecule has 0 amide bonds. The van der Waals surface area contributed by atoms with Crippen molar-refractivity contribution in [3.05, 3.63) is 36.0 Å². The van der Waals surface area contributed by atoms with Gasteiger partial charge in [0.25, 0.3) is 0 Å². The van der Waals surface area contributed by atoms with E-state index in [4.69, 9.17) is 0 Å². The highest BCUT2D eigenvalue weighted by molar-refractivity contribution is 5.25. The molecule has 15 heavy (non-hydrogen) atoms. The lowest BCUT2D eigenvalue weighted by Crippen LogP contribution is -2.34. The van der Waals surface area contributed by atoms with E-state index in [1.807, 2.05) is 0 Å². The van der Waals surface area contributed by atoms with Crippen molar-refractivity contribution in [3.63, 3.8) is 0 Å². The maximum Gasteiger partial charge on any atom is -0.00541 e. The van der Waals surface area contributed by atoms with Crippen LogP contribution in [0.15, 0.2) is 36.0 Å². The Kier molecular flexibility index (Phi) is 3.28. The molecule has 0 radical (unpaired) electrons. The van der Waals surface area contributed by atoms with Crippen LogP contribution in [0.25, 0.3) is 0 Å². The second-order valence-electron chi connectivity index (χ2n) is 5.79. The van der Waals surface area contributed by atoms with Crippen molar-refractivity contribution >= 4 is 0 Å². The third kappa shape index (κ3) is 2.42. The van der Waals surface area contributed by atoms with Crippen LogP contribution in [0.2, 0.25) is 0 Å². The van der Waals surface area contributed by atoms with Gasteiger partial charge >= 0.3 is 0 Å². The van der Waals surface area contributed by atoms with Crippen LogP contribution >= 0.6 is 0 Å². The number of allylic oxidation sites excluding steroid dienone is 4. The van der Waals surface area contributed by atoms with Crippen LogP contribution in [0.3, 0.4) is 0 Å². The van der Waals surface area contributed by atoms with Crippen LogP contribution in [-0.4, -0.2) is 0 Å². The van der Waals surface area contributed by atoms with Gasteiger partial charge in [-0.2, -0.15) is 0 Å². The molecule has 0 aromatic heterocycles. The van der Waals surface area contributed by atoms with Crippen LogP contribution in [0.1, 0.15) is 41.0 Å². The molecule has 1 aliphatic carbocycles. The Hall–Kier alpha value is -0.780. The van der Waals surface area contributed by atoms with Gasteiger partial charge in [0.2, 0.25) is 0 Å². The number of rotatable bonds is 2. The van der Waals surface area contributed by atoms with Crippen LogP contribution in [0.5, 0.6) is 0 Å². The fourth-order valence-electron chi connectivity index (χ4n) is 3.20. The van der Waals surface area contributed by atoms with E-state index in [0.29, 0.717) is 11.8 Å². The normalized spacial score (nSPS) is 29.5. The molecule has 0 aromatic rings. The van der Waals surface area contributed by atoms with Gasteiger partial charge in [0.1, 0.15) is 0 Å². The zero-order valence-electron chi connectivity index (χ0n) is 10.9. The van der Waals surface area contributed by atoms with Gasteiger partial charge in [0, 0.05) is 0 Å². The fourth-order valence-corrected chi connectivity index (χ4v) is 3.20. The van der Waals surface area contributed by atoms with Crippen LogP contribution in [0, 0.1) is 17.3 Å². The van der Waals surface area contributed by atoms with Gasteiger partial charge in [-0.05, 0) is 44.4 Å². The summed E-state index contributed by atoms with van der Waals surface area (Å²) in [6, 6.07) is 0. The predicted octanol–water partition coefficient (Wildman–Crippen LogP) is 4.75. The molecular weight excluding hydrogens is 180 g/mol. The fraction of sp³-hybridized carbons (Fsp3) is 0.600. The lowest BCUT2D eigenvalue weighted by atomic mass is 9.61. The highest BCUT2D eigenvalue weighted by Crippen LogP contribution is 2.47. The van der Waals surface area contributed by atoms with E-state index in [9.17, 15) is 0 Å². The first-order valence-corrected chi connectivity index (χ1v) is 5.75. The monoisotopic (exact) mass is 204 g/mol. The summed E-state index contributed by atoms with van der Waals surface area (Å²) in [5.74, 6) is 1.11. The molecule has 0 spiro atoms. The van der Waals surface area contributed by atoms with Gasteiger partial charge in [-0.15, -0.1) is 0 Å². The number of hydrogen-bond donors (Lipinski definition) is 0. The molecule has 0 aliphatic heterocycles. The summed E-state index contributed by atoms with van der Waals surface area (Å²) in [7, 11) is 0. The molecular formula is C15H24. The molecule has 0 saturated heterocycles. The Morgan fingerprint density at radius 3 is 2.20 bits per heavy atom. The zero-order valence-corrected chi connectivity index (χ0v) is 10.9. The Labute approximate surface area is 94.8 Å². The minimum Gasteiger partial charge on any atom is -0.0998 e. The second kappa shape index (κ2) is 4.00. The van der Waals surface area contributed by atoms with Crippen molar-refractivity contribution in [2.45, 2.75) is 41.0 Å². The Balaban J connectivity index is 3.16. The highest BCUT2D eigenvalue weighted by atomic mass is 14.4. The largest absolute Gasteiger partial charge is 0.0998 e. The first kappa shape index (κ1) is 12.3. The van der Waals surface area contributed by atoms with E-state index >= 15 is 0 Å². The molecule has 2 atom stereocenters. The Morgan fingerprint density at radius 1 is 1.27 bits per heavy atom. The van der Waals surface area contributed by atoms with E-state index < -0.39 is 0 Å². The molecule has 0 aromatic carbocycles. The van der Waals surface area contributed by atoms with Gasteiger partial charge in [0.15, 0.2) is 0 Å². The maximum absolute atomic E-state index is 4.16. The summed E-state index contributed by atoms with van der Waals surface area (Å²) in [6.45, 7) is 19.5. The van der Waals surface area contributed by atoms with E-state index in [1.54, 1.807) is 0 Å². The molecule has 2 unspecified atom stereocenters. The van der Waals surface area contributed by atoms with Gasteiger partial charge in [-0.3, -0.25) is 0 Å². The molecule has 1 rings (SSSR count). The van der Waals surface area contributed by atoms with E-state index in [0.717, 1.165) is 6.42 Å². The summed E-state index contributed by atoms with van der Waals surface area (Å²) in [5, 5.41) is 0.